The van der Waals surface area contributed by atoms with Crippen molar-refractivity contribution in [3.63, 3.8) is 0 Å². The molecule has 0 saturated carbocycles. The number of phenols is 1. The highest BCUT2D eigenvalue weighted by Gasteiger charge is 2.02. The van der Waals surface area contributed by atoms with Gasteiger partial charge in [-0.2, -0.15) is 0 Å². The summed E-state index contributed by atoms with van der Waals surface area (Å²) in [6.07, 6.45) is 0. The number of benzene rings is 2. The van der Waals surface area contributed by atoms with Gasteiger partial charge in [0.2, 0.25) is 0 Å². The lowest BCUT2D eigenvalue weighted by molar-refractivity contribution is 0.373. The van der Waals surface area contributed by atoms with Gasteiger partial charge in [-0.15, -0.1) is 0 Å². The van der Waals surface area contributed by atoms with Gasteiger partial charge in [0.1, 0.15) is 0 Å². The van der Waals surface area contributed by atoms with E-state index in [0.717, 1.165) is 11.3 Å². The van der Waals surface area contributed by atoms with Crippen molar-refractivity contribution in [3.05, 3.63) is 53.1 Å². The van der Waals surface area contributed by atoms with Gasteiger partial charge in [0.05, 0.1) is 13.7 Å². The van der Waals surface area contributed by atoms with E-state index in [1.54, 1.807) is 12.1 Å². The first-order chi connectivity index (χ1) is 10.5. The van der Waals surface area contributed by atoms with Crippen LogP contribution in [0.5, 0.6) is 11.5 Å². The van der Waals surface area contributed by atoms with Crippen molar-refractivity contribution in [3.8, 4) is 11.5 Å². The Balaban J connectivity index is 2.03. The maximum absolute atomic E-state index is 9.73. The lowest BCUT2D eigenvalue weighted by Crippen LogP contribution is -2.22. The topological polar surface area (TPSA) is 79.9 Å². The lowest BCUT2D eigenvalue weighted by atomic mass is 10.1. The Morgan fingerprint density at radius 2 is 1.95 bits per heavy atom. The molecular weight excluding hydrogens is 278 g/mol. The Kier molecular flexibility index (Phi) is 4.88. The summed E-state index contributed by atoms with van der Waals surface area (Å²) >= 11 is 0. The van der Waals surface area contributed by atoms with E-state index in [4.69, 9.17) is 10.5 Å². The number of nitrogens with two attached hydrogens (primary N) is 1. The normalized spacial score (nSPS) is 11.3. The minimum Gasteiger partial charge on any atom is -0.504 e. The van der Waals surface area contributed by atoms with E-state index in [-0.39, 0.29) is 5.75 Å². The summed E-state index contributed by atoms with van der Waals surface area (Å²) < 4.78 is 5.00. The summed E-state index contributed by atoms with van der Waals surface area (Å²) in [7, 11) is 1.51. The van der Waals surface area contributed by atoms with Crippen LogP contribution in [0.4, 0.5) is 5.69 Å². The molecule has 0 bridgehead atoms. The molecule has 22 heavy (non-hydrogen) atoms. The number of anilines is 1. The Hall–Kier alpha value is -2.69. The van der Waals surface area contributed by atoms with Crippen LogP contribution < -0.4 is 15.8 Å². The van der Waals surface area contributed by atoms with Gasteiger partial charge in [0, 0.05) is 5.69 Å². The van der Waals surface area contributed by atoms with Crippen molar-refractivity contribution in [2.45, 2.75) is 20.4 Å². The van der Waals surface area contributed by atoms with Gasteiger partial charge in [-0.05, 0) is 54.8 Å². The van der Waals surface area contributed by atoms with Gasteiger partial charge < -0.3 is 20.9 Å². The first-order valence-corrected chi connectivity index (χ1v) is 6.99. The second-order valence-electron chi connectivity index (χ2n) is 5.13. The minimum atomic E-state index is 0.0934. The van der Waals surface area contributed by atoms with E-state index in [9.17, 15) is 5.11 Å². The van der Waals surface area contributed by atoms with Gasteiger partial charge in [0.15, 0.2) is 17.5 Å². The zero-order chi connectivity index (χ0) is 16.1. The third-order valence-corrected chi connectivity index (χ3v) is 3.45. The van der Waals surface area contributed by atoms with Crippen LogP contribution in [0.2, 0.25) is 0 Å². The number of hydrogen-bond donors (Lipinski definition) is 3. The highest BCUT2D eigenvalue weighted by Crippen LogP contribution is 2.26. The number of aryl methyl sites for hydroxylation is 2. The Bertz CT molecular complexity index is 696. The molecule has 2 rings (SSSR count). The standard InChI is InChI=1S/C17H21N3O2/c1-11-4-6-14(8-12(11)2)20-17(18)19-10-13-5-7-16(22-3)15(21)9-13/h4-9,21H,10H2,1-3H3,(H3,18,19,20). The minimum absolute atomic E-state index is 0.0934. The molecule has 0 aliphatic rings. The average molecular weight is 299 g/mol. The number of rotatable bonds is 4. The molecule has 116 valence electrons. The second-order valence-corrected chi connectivity index (χ2v) is 5.13. The quantitative estimate of drug-likeness (QED) is 0.599. The summed E-state index contributed by atoms with van der Waals surface area (Å²) in [5.41, 5.74) is 10.1. The highest BCUT2D eigenvalue weighted by molar-refractivity contribution is 5.92. The highest BCUT2D eigenvalue weighted by atomic mass is 16.5. The van der Waals surface area contributed by atoms with Crippen molar-refractivity contribution in [1.29, 1.82) is 0 Å². The van der Waals surface area contributed by atoms with Crippen molar-refractivity contribution >= 4 is 11.6 Å². The van der Waals surface area contributed by atoms with E-state index in [1.165, 1.54) is 18.2 Å². The Morgan fingerprint density at radius 1 is 1.18 bits per heavy atom. The van der Waals surface area contributed by atoms with E-state index < -0.39 is 0 Å². The molecule has 0 unspecified atom stereocenters. The van der Waals surface area contributed by atoms with E-state index in [2.05, 4.69) is 17.2 Å². The van der Waals surface area contributed by atoms with Crippen LogP contribution in [0.15, 0.2) is 41.4 Å². The summed E-state index contributed by atoms with van der Waals surface area (Å²) in [6.45, 7) is 4.49. The van der Waals surface area contributed by atoms with Crippen molar-refractivity contribution in [2.75, 3.05) is 12.4 Å². The Morgan fingerprint density at radius 3 is 2.59 bits per heavy atom. The molecule has 0 atom stereocenters. The number of methoxy groups -OCH3 is 1. The fraction of sp³-hybridized carbons (Fsp3) is 0.235. The summed E-state index contributed by atoms with van der Waals surface area (Å²) in [4.78, 5) is 4.27. The lowest BCUT2D eigenvalue weighted by Gasteiger charge is -2.08. The Labute approximate surface area is 130 Å². The van der Waals surface area contributed by atoms with Crippen LogP contribution >= 0.6 is 0 Å². The molecule has 5 nitrogen and oxygen atoms in total. The molecule has 2 aromatic carbocycles. The molecule has 5 heteroatoms. The molecule has 0 aliphatic heterocycles. The number of nitrogens with zero attached hydrogens (tertiary/aromatic N) is 1. The van der Waals surface area contributed by atoms with Gasteiger partial charge in [-0.1, -0.05) is 12.1 Å². The van der Waals surface area contributed by atoms with Crippen LogP contribution in [0.1, 0.15) is 16.7 Å². The summed E-state index contributed by atoms with van der Waals surface area (Å²) in [5.74, 6) is 0.864. The van der Waals surface area contributed by atoms with E-state index in [0.29, 0.717) is 18.3 Å². The molecule has 0 aromatic heterocycles. The first-order valence-electron chi connectivity index (χ1n) is 6.99. The predicted molar refractivity (Wildman–Crippen MR) is 89.5 cm³/mol. The molecule has 0 heterocycles. The SMILES string of the molecule is COc1ccc(CN=C(N)Nc2ccc(C)c(C)c2)cc1O. The largest absolute Gasteiger partial charge is 0.504 e. The molecule has 2 aromatic rings. The summed E-state index contributed by atoms with van der Waals surface area (Å²) in [5, 5.41) is 12.8. The van der Waals surface area contributed by atoms with Crippen LogP contribution in [0, 0.1) is 13.8 Å². The number of aliphatic imine (C=N–C) groups is 1. The number of guanidine groups is 1. The molecule has 4 N–H and O–H groups in total. The smallest absolute Gasteiger partial charge is 0.193 e. The van der Waals surface area contributed by atoms with Crippen molar-refractivity contribution in [1.82, 2.24) is 0 Å². The van der Waals surface area contributed by atoms with Crippen molar-refractivity contribution < 1.29 is 9.84 Å². The van der Waals surface area contributed by atoms with Gasteiger partial charge in [0.25, 0.3) is 0 Å². The number of nitrogens with one attached hydrogen (secondary N) is 1. The molecule has 0 amide bonds. The fourth-order valence-electron chi connectivity index (χ4n) is 2.02. The van der Waals surface area contributed by atoms with Gasteiger partial charge >= 0.3 is 0 Å². The third kappa shape index (κ3) is 3.91. The third-order valence-electron chi connectivity index (χ3n) is 3.45. The zero-order valence-corrected chi connectivity index (χ0v) is 13.1. The van der Waals surface area contributed by atoms with Gasteiger partial charge in [-0.25, -0.2) is 4.99 Å². The first kappa shape index (κ1) is 15.7. The number of aromatic hydroxyl groups is 1. The van der Waals surface area contributed by atoms with Crippen LogP contribution in [-0.2, 0) is 6.54 Å². The molecule has 0 fully saturated rings. The maximum Gasteiger partial charge on any atom is 0.193 e. The molecule has 0 saturated heterocycles. The molecule has 0 radical (unpaired) electrons. The number of phenolic OH excluding ortho intramolecular Hbond substituents is 1. The second kappa shape index (κ2) is 6.85. The predicted octanol–water partition coefficient (Wildman–Crippen LogP) is 2.94. The average Bonchev–Trinajstić information content (AvgIpc) is 2.49. The van der Waals surface area contributed by atoms with Crippen LogP contribution in [0.25, 0.3) is 0 Å². The van der Waals surface area contributed by atoms with Gasteiger partial charge in [-0.3, -0.25) is 0 Å². The summed E-state index contributed by atoms with van der Waals surface area (Å²) in [6, 6.07) is 11.2. The molecular formula is C17H21N3O2. The van der Waals surface area contributed by atoms with E-state index >= 15 is 0 Å². The van der Waals surface area contributed by atoms with E-state index in [1.807, 2.05) is 31.2 Å². The van der Waals surface area contributed by atoms with Crippen LogP contribution in [-0.4, -0.2) is 18.2 Å². The fourth-order valence-corrected chi connectivity index (χ4v) is 2.02. The number of ether oxygens (including phenoxy) is 1. The molecule has 0 aliphatic carbocycles. The van der Waals surface area contributed by atoms with Crippen molar-refractivity contribution in [2.24, 2.45) is 10.7 Å². The zero-order valence-electron chi connectivity index (χ0n) is 13.1. The number of hydrogen-bond acceptors (Lipinski definition) is 3. The van der Waals surface area contributed by atoms with Crippen LogP contribution in [0.3, 0.4) is 0 Å². The monoisotopic (exact) mass is 299 g/mol. The molecule has 0 spiro atoms. The maximum atomic E-state index is 9.73.